The van der Waals surface area contributed by atoms with Crippen LogP contribution >= 0.6 is 0 Å². The summed E-state index contributed by atoms with van der Waals surface area (Å²) in [5.41, 5.74) is -0.507. The molecule has 0 radical (unpaired) electrons. The number of carbonyl (C=O) groups is 1. The van der Waals surface area contributed by atoms with Crippen LogP contribution in [0.5, 0.6) is 0 Å². The molecule has 116 valence electrons. The van der Waals surface area contributed by atoms with Gasteiger partial charge in [-0.25, -0.2) is 4.79 Å². The minimum absolute atomic E-state index is 0.0787. The Labute approximate surface area is 123 Å². The summed E-state index contributed by atoms with van der Waals surface area (Å²) >= 11 is 0. The van der Waals surface area contributed by atoms with E-state index >= 15 is 0 Å². The first-order valence-corrected chi connectivity index (χ1v) is 8.04. The molecule has 0 saturated heterocycles. The first kappa shape index (κ1) is 15.6. The van der Waals surface area contributed by atoms with Crippen molar-refractivity contribution in [3.8, 4) is 0 Å². The van der Waals surface area contributed by atoms with Gasteiger partial charge in [-0.3, -0.25) is 0 Å². The van der Waals surface area contributed by atoms with Crippen LogP contribution in [0.4, 0.5) is 4.79 Å². The maximum absolute atomic E-state index is 12.0. The molecule has 2 unspecified atom stereocenters. The van der Waals surface area contributed by atoms with Crippen LogP contribution in [0, 0.1) is 5.92 Å². The van der Waals surface area contributed by atoms with Crippen LogP contribution in [0.25, 0.3) is 0 Å². The smallest absolute Gasteiger partial charge is 0.408 e. The molecule has 2 aliphatic rings. The zero-order valence-electron chi connectivity index (χ0n) is 13.4. The minimum Gasteiger partial charge on any atom is -0.444 e. The first-order chi connectivity index (χ1) is 9.30. The average Bonchev–Trinajstić information content (AvgIpc) is 2.65. The van der Waals surface area contributed by atoms with E-state index < -0.39 is 5.60 Å². The highest BCUT2D eigenvalue weighted by Gasteiger charge is 2.40. The Balaban J connectivity index is 1.81. The third kappa shape index (κ3) is 4.11. The Morgan fingerprint density at radius 3 is 2.40 bits per heavy atom. The van der Waals surface area contributed by atoms with Gasteiger partial charge in [0.1, 0.15) is 5.60 Å². The molecule has 2 fully saturated rings. The molecule has 0 aromatic rings. The zero-order chi connectivity index (χ0) is 14.8. The van der Waals surface area contributed by atoms with Gasteiger partial charge in [0, 0.05) is 12.6 Å². The molecular formula is C16H30N2O2. The van der Waals surface area contributed by atoms with E-state index in [1.54, 1.807) is 0 Å². The lowest BCUT2D eigenvalue weighted by Gasteiger charge is -2.43. The van der Waals surface area contributed by atoms with Gasteiger partial charge in [-0.2, -0.15) is 0 Å². The number of nitrogens with one attached hydrogen (secondary N) is 2. The quantitative estimate of drug-likeness (QED) is 0.832. The van der Waals surface area contributed by atoms with Gasteiger partial charge in [0.2, 0.25) is 0 Å². The van der Waals surface area contributed by atoms with E-state index in [9.17, 15) is 4.79 Å². The molecule has 1 amide bonds. The molecule has 2 aliphatic carbocycles. The van der Waals surface area contributed by atoms with Crippen molar-refractivity contribution in [1.29, 1.82) is 0 Å². The molecule has 4 nitrogen and oxygen atoms in total. The van der Waals surface area contributed by atoms with Gasteiger partial charge in [-0.05, 0) is 58.8 Å². The molecule has 2 atom stereocenters. The molecule has 2 rings (SSSR count). The standard InChI is InChI=1S/C16H30N2O2/c1-12-7-5-8-13(12)17-11-16(9-6-10-16)18-14(19)20-15(2,3)4/h12-13,17H,5-11H2,1-4H3,(H,18,19). The fraction of sp³-hybridized carbons (Fsp3) is 0.938. The largest absolute Gasteiger partial charge is 0.444 e. The van der Waals surface area contributed by atoms with Gasteiger partial charge in [0.05, 0.1) is 5.54 Å². The first-order valence-electron chi connectivity index (χ1n) is 8.04. The van der Waals surface area contributed by atoms with E-state index in [2.05, 4.69) is 17.6 Å². The molecule has 0 aromatic heterocycles. The van der Waals surface area contributed by atoms with Crippen molar-refractivity contribution in [1.82, 2.24) is 10.6 Å². The summed E-state index contributed by atoms with van der Waals surface area (Å²) in [5, 5.41) is 6.77. The summed E-state index contributed by atoms with van der Waals surface area (Å²) in [4.78, 5) is 12.0. The van der Waals surface area contributed by atoms with Gasteiger partial charge >= 0.3 is 6.09 Å². The molecule has 0 aromatic carbocycles. The van der Waals surface area contributed by atoms with E-state index in [1.165, 1.54) is 25.7 Å². The van der Waals surface area contributed by atoms with Crippen molar-refractivity contribution in [3.05, 3.63) is 0 Å². The van der Waals surface area contributed by atoms with E-state index in [0.717, 1.165) is 25.3 Å². The van der Waals surface area contributed by atoms with Crippen molar-refractivity contribution >= 4 is 6.09 Å². The summed E-state index contributed by atoms with van der Waals surface area (Å²) in [7, 11) is 0. The van der Waals surface area contributed by atoms with Gasteiger partial charge < -0.3 is 15.4 Å². The number of alkyl carbamates (subject to hydrolysis) is 1. The van der Waals surface area contributed by atoms with Crippen LogP contribution in [0.3, 0.4) is 0 Å². The van der Waals surface area contributed by atoms with Crippen LogP contribution in [-0.2, 0) is 4.74 Å². The van der Waals surface area contributed by atoms with Crippen LogP contribution < -0.4 is 10.6 Å². The SMILES string of the molecule is CC1CCCC1NCC1(NC(=O)OC(C)(C)C)CCC1. The predicted molar refractivity (Wildman–Crippen MR) is 80.8 cm³/mol. The normalized spacial score (nSPS) is 28.8. The summed E-state index contributed by atoms with van der Waals surface area (Å²) < 4.78 is 5.38. The van der Waals surface area contributed by atoms with Crippen molar-refractivity contribution < 1.29 is 9.53 Å². The number of rotatable bonds is 4. The van der Waals surface area contributed by atoms with E-state index in [4.69, 9.17) is 4.74 Å². The van der Waals surface area contributed by atoms with Crippen LogP contribution in [0.1, 0.15) is 66.2 Å². The fourth-order valence-electron chi connectivity index (χ4n) is 3.24. The fourth-order valence-corrected chi connectivity index (χ4v) is 3.24. The Hall–Kier alpha value is -0.770. The second kappa shape index (κ2) is 5.92. The van der Waals surface area contributed by atoms with Gasteiger partial charge in [-0.15, -0.1) is 0 Å². The van der Waals surface area contributed by atoms with Crippen LogP contribution in [-0.4, -0.2) is 29.8 Å². The second-order valence-corrected chi connectivity index (χ2v) is 7.66. The number of hydrogen-bond donors (Lipinski definition) is 2. The van der Waals surface area contributed by atoms with Crippen LogP contribution in [0.15, 0.2) is 0 Å². The highest BCUT2D eigenvalue weighted by atomic mass is 16.6. The topological polar surface area (TPSA) is 50.4 Å². The molecule has 4 heteroatoms. The zero-order valence-corrected chi connectivity index (χ0v) is 13.4. The highest BCUT2D eigenvalue weighted by Crippen LogP contribution is 2.33. The molecule has 2 saturated carbocycles. The number of ether oxygens (including phenoxy) is 1. The van der Waals surface area contributed by atoms with Crippen molar-refractivity contribution in [3.63, 3.8) is 0 Å². The van der Waals surface area contributed by atoms with Gasteiger partial charge in [-0.1, -0.05) is 13.3 Å². The highest BCUT2D eigenvalue weighted by molar-refractivity contribution is 5.69. The Kier molecular flexibility index (Phi) is 4.62. The number of amides is 1. The molecular weight excluding hydrogens is 252 g/mol. The summed E-state index contributed by atoms with van der Waals surface area (Å²) in [6.07, 6.45) is 6.94. The Bertz CT molecular complexity index is 345. The molecule has 2 N–H and O–H groups in total. The minimum atomic E-state index is -0.428. The lowest BCUT2D eigenvalue weighted by Crippen LogP contribution is -2.61. The third-order valence-electron chi connectivity index (χ3n) is 4.64. The summed E-state index contributed by atoms with van der Waals surface area (Å²) in [6, 6.07) is 0.618. The molecule has 0 heterocycles. The van der Waals surface area contributed by atoms with E-state index in [-0.39, 0.29) is 11.6 Å². The monoisotopic (exact) mass is 282 g/mol. The average molecular weight is 282 g/mol. The lowest BCUT2D eigenvalue weighted by molar-refractivity contribution is 0.0377. The number of hydrogen-bond acceptors (Lipinski definition) is 3. The third-order valence-corrected chi connectivity index (χ3v) is 4.64. The molecule has 20 heavy (non-hydrogen) atoms. The Morgan fingerprint density at radius 2 is 1.95 bits per heavy atom. The predicted octanol–water partition coefficient (Wildman–Crippen LogP) is 3.21. The van der Waals surface area contributed by atoms with E-state index in [1.807, 2.05) is 20.8 Å². The van der Waals surface area contributed by atoms with Gasteiger partial charge in [0.25, 0.3) is 0 Å². The lowest BCUT2D eigenvalue weighted by atomic mass is 9.76. The molecule has 0 aliphatic heterocycles. The number of carbonyl (C=O) groups excluding carboxylic acids is 1. The van der Waals surface area contributed by atoms with Crippen molar-refractivity contribution in [2.45, 2.75) is 83.4 Å². The summed E-state index contributed by atoms with van der Waals surface area (Å²) in [5.74, 6) is 0.758. The summed E-state index contributed by atoms with van der Waals surface area (Å²) in [6.45, 7) is 8.90. The maximum Gasteiger partial charge on any atom is 0.408 e. The second-order valence-electron chi connectivity index (χ2n) is 7.66. The Morgan fingerprint density at radius 1 is 1.25 bits per heavy atom. The van der Waals surface area contributed by atoms with Crippen LogP contribution in [0.2, 0.25) is 0 Å². The van der Waals surface area contributed by atoms with Crippen molar-refractivity contribution in [2.75, 3.05) is 6.54 Å². The van der Waals surface area contributed by atoms with Gasteiger partial charge in [0.15, 0.2) is 0 Å². The maximum atomic E-state index is 12.0. The van der Waals surface area contributed by atoms with Crippen molar-refractivity contribution in [2.24, 2.45) is 5.92 Å². The van der Waals surface area contributed by atoms with E-state index in [0.29, 0.717) is 6.04 Å². The molecule has 0 bridgehead atoms. The molecule has 0 spiro atoms.